The van der Waals surface area contributed by atoms with Gasteiger partial charge in [0.25, 0.3) is 0 Å². The number of carbonyl (C=O) groups excluding carboxylic acids is 1. The zero-order valence-electron chi connectivity index (χ0n) is 9.45. The van der Waals surface area contributed by atoms with Crippen LogP contribution in [0.5, 0.6) is 0 Å². The van der Waals surface area contributed by atoms with Crippen molar-refractivity contribution in [3.8, 4) is 0 Å². The van der Waals surface area contributed by atoms with Crippen LogP contribution >= 0.6 is 25.0 Å². The van der Waals surface area contributed by atoms with E-state index < -0.39 is 5.97 Å². The average Bonchev–Trinajstić information content (AvgIpc) is 1.84. The number of quaternary nitrogens is 1. The molecule has 0 spiro atoms. The Morgan fingerprint density at radius 3 is 1.79 bits per heavy atom. The summed E-state index contributed by atoms with van der Waals surface area (Å²) in [5, 5.41) is 9.49. The molecule has 0 saturated carbocycles. The van der Waals surface area contributed by atoms with E-state index >= 15 is 0 Å². The fraction of sp³-hybridized carbons (Fsp3) is 0.889. The zero-order chi connectivity index (χ0) is 10.9. The molecule has 0 fully saturated rings. The van der Waals surface area contributed by atoms with Gasteiger partial charge >= 0.3 is 0 Å². The van der Waals surface area contributed by atoms with Crippen molar-refractivity contribution in [2.75, 3.05) is 33.4 Å². The van der Waals surface area contributed by atoms with Crippen LogP contribution in [-0.2, 0) is 4.79 Å². The molecule has 3 nitrogen and oxygen atoms in total. The van der Waals surface area contributed by atoms with Gasteiger partial charge in [-0.1, -0.05) is 13.3 Å². The summed E-state index contributed by atoms with van der Waals surface area (Å²) in [6.07, 6.45) is 0.850. The van der Waals surface area contributed by atoms with Crippen LogP contribution in [0.25, 0.3) is 0 Å². The molecule has 0 rings (SSSR count). The monoisotopic (exact) mass is 243 g/mol. The molecular weight excluding hydrogens is 222 g/mol. The first-order valence-electron chi connectivity index (χ1n) is 4.44. The summed E-state index contributed by atoms with van der Waals surface area (Å²) in [6, 6.07) is 0. The second kappa shape index (κ2) is 11.1. The van der Waals surface area contributed by atoms with E-state index in [1.165, 1.54) is 0 Å². The fourth-order valence-corrected chi connectivity index (χ4v) is 1.10. The normalized spacial score (nSPS) is 9.50. The summed E-state index contributed by atoms with van der Waals surface area (Å²) >= 11 is 4.10. The minimum Gasteiger partial charge on any atom is -0.550 e. The fourth-order valence-electron chi connectivity index (χ4n) is 0.504. The first kappa shape index (κ1) is 19.6. The van der Waals surface area contributed by atoms with Crippen LogP contribution in [-0.4, -0.2) is 43.9 Å². The van der Waals surface area contributed by atoms with Crippen molar-refractivity contribution < 1.29 is 14.4 Å². The lowest BCUT2D eigenvalue weighted by atomic mass is 10.4. The molecule has 0 heterocycles. The quantitative estimate of drug-likeness (QED) is 0.580. The Balaban J connectivity index is -0.000000163. The molecule has 0 aromatic heterocycles. The molecule has 0 aromatic carbocycles. The molecule has 14 heavy (non-hydrogen) atoms. The van der Waals surface area contributed by atoms with Gasteiger partial charge in [0.15, 0.2) is 0 Å². The summed E-state index contributed by atoms with van der Waals surface area (Å²) in [4.78, 5) is 9.49. The van der Waals surface area contributed by atoms with Crippen molar-refractivity contribution in [2.24, 2.45) is 0 Å². The smallest absolute Gasteiger partial charge is 0.0869 e. The second-order valence-electron chi connectivity index (χ2n) is 3.86. The van der Waals surface area contributed by atoms with Crippen molar-refractivity contribution >= 4 is 31.0 Å². The van der Waals surface area contributed by atoms with Gasteiger partial charge in [-0.3, -0.25) is 0 Å². The molecule has 0 radical (unpaired) electrons. The van der Waals surface area contributed by atoms with E-state index in [9.17, 15) is 9.90 Å². The molecule has 0 unspecified atom stereocenters. The summed E-state index contributed by atoms with van der Waals surface area (Å²) in [6.45, 7) is 2.94. The first-order chi connectivity index (χ1) is 5.83. The van der Waals surface area contributed by atoms with Gasteiger partial charge in [0.2, 0.25) is 0 Å². The maximum Gasteiger partial charge on any atom is 0.0869 e. The SMILES string of the molecule is CCCC(=O)[O-].C[N+](C)(C)CCS.Cl. The van der Waals surface area contributed by atoms with Crippen molar-refractivity contribution in [3.63, 3.8) is 0 Å². The largest absolute Gasteiger partial charge is 0.550 e. The predicted octanol–water partition coefficient (Wildman–Crippen LogP) is 0.581. The highest BCUT2D eigenvalue weighted by atomic mass is 35.5. The van der Waals surface area contributed by atoms with Gasteiger partial charge in [0.1, 0.15) is 0 Å². The van der Waals surface area contributed by atoms with E-state index in [2.05, 4.69) is 33.8 Å². The predicted molar refractivity (Wildman–Crippen MR) is 63.9 cm³/mol. The Kier molecular flexibility index (Phi) is 15.6. The maximum absolute atomic E-state index is 9.49. The first-order valence-corrected chi connectivity index (χ1v) is 5.08. The van der Waals surface area contributed by atoms with Crippen molar-refractivity contribution in [3.05, 3.63) is 0 Å². The number of hydrogen-bond acceptors (Lipinski definition) is 3. The molecule has 0 aliphatic rings. The van der Waals surface area contributed by atoms with E-state index in [0.717, 1.165) is 16.8 Å². The maximum atomic E-state index is 9.49. The van der Waals surface area contributed by atoms with Gasteiger partial charge in [-0.2, -0.15) is 12.6 Å². The lowest BCUT2D eigenvalue weighted by Gasteiger charge is -2.22. The van der Waals surface area contributed by atoms with Gasteiger partial charge in [0.05, 0.1) is 27.7 Å². The molecule has 0 aliphatic heterocycles. The standard InChI is InChI=1S/C5H13NS.C4H8O2.ClH/c1-6(2,3)4-5-7;1-2-3-4(5)6;/h4-5H2,1-3H3;2-3H2,1H3,(H,5,6);1H. The highest BCUT2D eigenvalue weighted by Gasteiger charge is 2.01. The third-order valence-electron chi connectivity index (χ3n) is 1.22. The van der Waals surface area contributed by atoms with Crippen molar-refractivity contribution in [1.29, 1.82) is 0 Å². The molecule has 88 valence electrons. The molecule has 0 bridgehead atoms. The van der Waals surface area contributed by atoms with E-state index in [1.54, 1.807) is 6.92 Å². The number of nitrogens with zero attached hydrogens (tertiary/aromatic N) is 1. The minimum absolute atomic E-state index is 0. The number of thiol groups is 1. The van der Waals surface area contributed by atoms with Gasteiger partial charge in [-0.15, -0.1) is 12.4 Å². The third-order valence-corrected chi connectivity index (χ3v) is 1.42. The van der Waals surface area contributed by atoms with Crippen LogP contribution in [0.2, 0.25) is 0 Å². The Bertz CT molecular complexity index is 137. The van der Waals surface area contributed by atoms with Crippen molar-refractivity contribution in [1.82, 2.24) is 0 Å². The highest BCUT2D eigenvalue weighted by Crippen LogP contribution is 1.88. The molecule has 0 saturated heterocycles. The number of hydrogen-bond donors (Lipinski definition) is 1. The van der Waals surface area contributed by atoms with Crippen LogP contribution in [0, 0.1) is 0 Å². The Labute approximate surface area is 98.9 Å². The lowest BCUT2D eigenvalue weighted by molar-refractivity contribution is -0.867. The molecular formula is C9H22ClNO2S. The molecule has 0 amide bonds. The van der Waals surface area contributed by atoms with E-state index in [0.29, 0.717) is 6.42 Å². The number of rotatable bonds is 4. The molecule has 0 aromatic rings. The molecule has 0 N–H and O–H groups in total. The van der Waals surface area contributed by atoms with Crippen LogP contribution < -0.4 is 5.11 Å². The number of carboxylic acid groups (broad SMARTS) is 1. The summed E-state index contributed by atoms with van der Waals surface area (Å²) in [7, 11) is 6.49. The summed E-state index contributed by atoms with van der Waals surface area (Å²) in [5.74, 6) is 0.0150. The van der Waals surface area contributed by atoms with Crippen molar-refractivity contribution in [2.45, 2.75) is 19.8 Å². The number of aliphatic carboxylic acids is 1. The number of carbonyl (C=O) groups is 1. The summed E-state index contributed by atoms with van der Waals surface area (Å²) in [5.41, 5.74) is 0. The highest BCUT2D eigenvalue weighted by molar-refractivity contribution is 7.80. The van der Waals surface area contributed by atoms with E-state index in [4.69, 9.17) is 0 Å². The topological polar surface area (TPSA) is 40.1 Å². The van der Waals surface area contributed by atoms with Gasteiger partial charge < -0.3 is 14.4 Å². The number of halogens is 1. The van der Waals surface area contributed by atoms with Gasteiger partial charge in [0, 0.05) is 11.7 Å². The Morgan fingerprint density at radius 2 is 1.79 bits per heavy atom. The second-order valence-corrected chi connectivity index (χ2v) is 4.31. The van der Waals surface area contributed by atoms with E-state index in [1.807, 2.05) is 0 Å². The summed E-state index contributed by atoms with van der Waals surface area (Å²) < 4.78 is 1.02. The van der Waals surface area contributed by atoms with Crippen LogP contribution in [0.15, 0.2) is 0 Å². The average molecular weight is 244 g/mol. The van der Waals surface area contributed by atoms with Gasteiger partial charge in [-0.25, -0.2) is 0 Å². The molecule has 5 heteroatoms. The zero-order valence-corrected chi connectivity index (χ0v) is 11.2. The molecule has 0 atom stereocenters. The lowest BCUT2D eigenvalue weighted by Crippen LogP contribution is -2.36. The third kappa shape index (κ3) is 29.6. The Morgan fingerprint density at radius 1 is 1.36 bits per heavy atom. The van der Waals surface area contributed by atoms with Gasteiger partial charge in [-0.05, 0) is 6.42 Å². The molecule has 0 aliphatic carbocycles. The Hall–Kier alpha value is 0.0700. The number of carboxylic acids is 1. The minimum atomic E-state index is -0.961. The van der Waals surface area contributed by atoms with Crippen LogP contribution in [0.1, 0.15) is 19.8 Å². The van der Waals surface area contributed by atoms with Crippen LogP contribution in [0.4, 0.5) is 0 Å². The van der Waals surface area contributed by atoms with E-state index in [-0.39, 0.29) is 18.8 Å². The van der Waals surface area contributed by atoms with Crippen LogP contribution in [0.3, 0.4) is 0 Å².